The predicted molar refractivity (Wildman–Crippen MR) is 256 cm³/mol. The molecule has 0 fully saturated rings. The first-order chi connectivity index (χ1) is 29.4. The summed E-state index contributed by atoms with van der Waals surface area (Å²) in [7, 11) is 3.45. The number of benzene rings is 5. The first-order valence-corrected chi connectivity index (χ1v) is 21.3. The number of fused-ring (bicyclic) bond motifs is 8. The Kier molecular flexibility index (Phi) is 10.4. The van der Waals surface area contributed by atoms with E-state index in [2.05, 4.69) is 146 Å². The molecule has 0 saturated carbocycles. The van der Waals surface area contributed by atoms with Gasteiger partial charge in [0, 0.05) is 33.1 Å². The molecule has 2 N–H and O–H groups in total. The fourth-order valence-electron chi connectivity index (χ4n) is 9.61. The highest BCUT2D eigenvalue weighted by Gasteiger charge is 2.28. The van der Waals surface area contributed by atoms with Crippen molar-refractivity contribution in [2.75, 3.05) is 14.2 Å². The zero-order valence-electron chi connectivity index (χ0n) is 35.4. The largest absolute Gasteiger partial charge is 0.497 e. The Hall–Kier alpha value is -6.72. The van der Waals surface area contributed by atoms with Crippen LogP contribution < -0.4 is 15.2 Å². The van der Waals surface area contributed by atoms with Gasteiger partial charge in [0.15, 0.2) is 0 Å². The van der Waals surface area contributed by atoms with Gasteiger partial charge in [0.2, 0.25) is 0 Å². The molecule has 0 amide bonds. The Morgan fingerprint density at radius 1 is 0.667 bits per heavy atom. The second-order valence-electron chi connectivity index (χ2n) is 16.0. The van der Waals surface area contributed by atoms with E-state index in [0.29, 0.717) is 0 Å². The molecule has 7 aromatic rings. The lowest BCUT2D eigenvalue weighted by Crippen LogP contribution is -2.10. The van der Waals surface area contributed by atoms with Crippen LogP contribution in [0, 0.1) is 0 Å². The third kappa shape index (κ3) is 6.59. The van der Waals surface area contributed by atoms with Gasteiger partial charge in [-0.1, -0.05) is 80.6 Å². The second-order valence-corrected chi connectivity index (χ2v) is 16.0. The van der Waals surface area contributed by atoms with Gasteiger partial charge < -0.3 is 24.3 Å². The number of aryl methyl sites for hydroxylation is 2. The molecule has 0 unspecified atom stereocenters. The molecule has 0 saturated heterocycles. The molecule has 5 nitrogen and oxygen atoms in total. The minimum absolute atomic E-state index is 0.852. The normalized spacial score (nSPS) is 15.3. The van der Waals surface area contributed by atoms with E-state index in [0.717, 1.165) is 72.5 Å². The van der Waals surface area contributed by atoms with Crippen LogP contribution in [0.25, 0.3) is 84.1 Å². The number of rotatable bonds is 10. The molecule has 5 heteroatoms. The standard InChI is InChI=1S/C55H53N3O2/c1-7-12-42(9-3)57-52-24-21-38(36-14-10-16-44(29-36)59-5)31-48(52)50-28-35(4)18-23-46-47-34-41(54(50)57)20-19-40(47)33-51-49-32-39(37-15-11-17-45(30-37)60-6)22-25-53(49)58(55(46)51)43(13-8-2)26-27-56/h9-17,21-22,24-34H,3,7-8,18-20,23,56H2,1-2,4-6H3/b27-26-,35-28+,42-12+,43-13+. The third-order valence-corrected chi connectivity index (χ3v) is 12.4. The minimum atomic E-state index is 0.852. The van der Waals surface area contributed by atoms with Crippen LogP contribution in [0.5, 0.6) is 11.5 Å². The molecular weight excluding hydrogens is 735 g/mol. The van der Waals surface area contributed by atoms with Gasteiger partial charge in [-0.3, -0.25) is 0 Å². The molecule has 2 aliphatic rings. The van der Waals surface area contributed by atoms with Crippen LogP contribution in [-0.2, 0) is 12.8 Å². The van der Waals surface area contributed by atoms with Crippen molar-refractivity contribution in [1.82, 2.24) is 9.13 Å². The Morgan fingerprint density at radius 2 is 1.30 bits per heavy atom. The lowest BCUT2D eigenvalue weighted by Gasteiger charge is -2.25. The molecule has 0 aliphatic heterocycles. The molecule has 60 heavy (non-hydrogen) atoms. The van der Waals surface area contributed by atoms with Crippen molar-refractivity contribution in [1.29, 1.82) is 0 Å². The predicted octanol–water partition coefficient (Wildman–Crippen LogP) is 14.1. The molecule has 2 aliphatic carbocycles. The average Bonchev–Trinajstić information content (AvgIpc) is 3.78. The first-order valence-electron chi connectivity index (χ1n) is 21.3. The lowest BCUT2D eigenvalue weighted by atomic mass is 9.82. The highest BCUT2D eigenvalue weighted by molar-refractivity contribution is 6.14. The van der Waals surface area contributed by atoms with Crippen molar-refractivity contribution in [2.45, 2.75) is 59.3 Å². The first kappa shape index (κ1) is 38.8. The molecule has 5 aromatic carbocycles. The van der Waals surface area contributed by atoms with Crippen LogP contribution in [0.15, 0.2) is 134 Å². The zero-order valence-corrected chi connectivity index (χ0v) is 35.4. The lowest BCUT2D eigenvalue weighted by molar-refractivity contribution is 0.415. The number of aromatic nitrogens is 2. The summed E-state index contributed by atoms with van der Waals surface area (Å²) in [5.74, 6) is 1.71. The summed E-state index contributed by atoms with van der Waals surface area (Å²) in [4.78, 5) is 0. The quantitative estimate of drug-likeness (QED) is 0.140. The number of methoxy groups -OCH3 is 2. The molecule has 0 radical (unpaired) electrons. The Bertz CT molecular complexity index is 3010. The van der Waals surface area contributed by atoms with Crippen LogP contribution in [0.3, 0.4) is 0 Å². The van der Waals surface area contributed by atoms with Gasteiger partial charge in [-0.25, -0.2) is 0 Å². The van der Waals surface area contributed by atoms with E-state index < -0.39 is 0 Å². The monoisotopic (exact) mass is 787 g/mol. The van der Waals surface area contributed by atoms with E-state index >= 15 is 0 Å². The number of nitrogens with zero attached hydrogens (tertiary/aromatic N) is 2. The summed E-state index contributed by atoms with van der Waals surface area (Å²) < 4.78 is 16.2. The van der Waals surface area contributed by atoms with Gasteiger partial charge in [0.05, 0.1) is 36.5 Å². The maximum atomic E-state index is 6.19. The number of ether oxygens (including phenoxy) is 2. The number of allylic oxidation sites excluding steroid dienone is 8. The number of hydrogen-bond acceptors (Lipinski definition) is 3. The molecule has 0 atom stereocenters. The summed E-state index contributed by atoms with van der Waals surface area (Å²) in [5.41, 5.74) is 26.0. The SMILES string of the molecule is C=C/C(=C\CC)n1c2c(c3cc(-c4cccc(OC)c4)ccc31)/C=C(\C)CCc1c3c(cc4c5cc(-c6cccc(OC)c6)ccc5n(C(/C=C\N)=C/CC)c14)CCC2=C3. The van der Waals surface area contributed by atoms with E-state index in [9.17, 15) is 0 Å². The Labute approximate surface area is 353 Å². The van der Waals surface area contributed by atoms with Crippen molar-refractivity contribution in [2.24, 2.45) is 5.73 Å². The highest BCUT2D eigenvalue weighted by atomic mass is 16.5. The summed E-state index contributed by atoms with van der Waals surface area (Å²) in [6, 6.07) is 33.0. The van der Waals surface area contributed by atoms with Crippen molar-refractivity contribution in [3.63, 3.8) is 0 Å². The van der Waals surface area contributed by atoms with Crippen molar-refractivity contribution < 1.29 is 9.47 Å². The van der Waals surface area contributed by atoms with Crippen LogP contribution >= 0.6 is 0 Å². The zero-order chi connectivity index (χ0) is 41.5. The minimum Gasteiger partial charge on any atom is -0.497 e. The molecular formula is C55H53N3O2. The van der Waals surface area contributed by atoms with Gasteiger partial charge in [-0.2, -0.15) is 0 Å². The van der Waals surface area contributed by atoms with Crippen LogP contribution in [0.2, 0.25) is 0 Å². The van der Waals surface area contributed by atoms with Crippen molar-refractivity contribution in [3.05, 3.63) is 162 Å². The molecule has 2 heterocycles. The number of nitrogens with two attached hydrogens (primary N) is 1. The molecule has 0 spiro atoms. The summed E-state index contributed by atoms with van der Waals surface area (Å²) in [6.07, 6.45) is 20.8. The topological polar surface area (TPSA) is 54.3 Å². The fourth-order valence-corrected chi connectivity index (χ4v) is 9.61. The molecule has 2 aromatic heterocycles. The smallest absolute Gasteiger partial charge is 0.119 e. The van der Waals surface area contributed by atoms with Crippen LogP contribution in [-0.4, -0.2) is 23.4 Å². The maximum absolute atomic E-state index is 6.19. The van der Waals surface area contributed by atoms with Crippen molar-refractivity contribution in [3.8, 4) is 33.8 Å². The molecule has 2 bridgehead atoms. The fraction of sp³-hybridized carbons (Fsp3) is 0.200. The molecule has 300 valence electrons. The third-order valence-electron chi connectivity index (χ3n) is 12.4. The Morgan fingerprint density at radius 3 is 1.93 bits per heavy atom. The number of hydrogen-bond donors (Lipinski definition) is 1. The van der Waals surface area contributed by atoms with E-state index in [-0.39, 0.29) is 0 Å². The summed E-state index contributed by atoms with van der Waals surface area (Å²) in [6.45, 7) is 11.0. The van der Waals surface area contributed by atoms with E-state index in [1.165, 1.54) is 82.9 Å². The van der Waals surface area contributed by atoms with Crippen molar-refractivity contribution >= 4 is 61.8 Å². The Balaban J connectivity index is 1.35. The summed E-state index contributed by atoms with van der Waals surface area (Å²) in [5, 5.41) is 3.77. The molecule has 9 rings (SSSR count). The van der Waals surface area contributed by atoms with Crippen LogP contribution in [0.4, 0.5) is 0 Å². The summed E-state index contributed by atoms with van der Waals surface area (Å²) >= 11 is 0. The highest BCUT2D eigenvalue weighted by Crippen LogP contribution is 2.46. The van der Waals surface area contributed by atoms with E-state index in [4.69, 9.17) is 15.2 Å². The van der Waals surface area contributed by atoms with Gasteiger partial charge in [0.25, 0.3) is 0 Å². The second kappa shape index (κ2) is 16.1. The maximum Gasteiger partial charge on any atom is 0.119 e. The van der Waals surface area contributed by atoms with Gasteiger partial charge in [-0.15, -0.1) is 0 Å². The van der Waals surface area contributed by atoms with E-state index in [1.807, 2.05) is 18.2 Å². The van der Waals surface area contributed by atoms with Gasteiger partial charge >= 0.3 is 0 Å². The van der Waals surface area contributed by atoms with Gasteiger partial charge in [0.1, 0.15) is 11.5 Å². The van der Waals surface area contributed by atoms with Gasteiger partial charge in [-0.05, 0) is 169 Å². The van der Waals surface area contributed by atoms with E-state index in [1.54, 1.807) is 20.4 Å². The van der Waals surface area contributed by atoms with Crippen LogP contribution in [0.1, 0.15) is 74.4 Å². The average molecular weight is 788 g/mol.